The summed E-state index contributed by atoms with van der Waals surface area (Å²) in [5.41, 5.74) is 1.56. The Hall–Kier alpha value is -2.49. The monoisotopic (exact) mass is 285 g/mol. The van der Waals surface area contributed by atoms with Gasteiger partial charge < -0.3 is 14.4 Å². The van der Waals surface area contributed by atoms with Gasteiger partial charge in [-0.1, -0.05) is 12.1 Å². The van der Waals surface area contributed by atoms with Crippen molar-refractivity contribution in [2.75, 3.05) is 0 Å². The number of benzene rings is 2. The molecular formula is C17H16FNO2. The largest absolute Gasteiger partial charge is 0.508 e. The first-order valence-electron chi connectivity index (χ1n) is 6.87. The van der Waals surface area contributed by atoms with Crippen LogP contribution in [0, 0.1) is 5.82 Å². The van der Waals surface area contributed by atoms with E-state index in [-0.39, 0.29) is 11.6 Å². The number of phenols is 1. The summed E-state index contributed by atoms with van der Waals surface area (Å²) in [6.07, 6.45) is 1.92. The Morgan fingerprint density at radius 3 is 2.62 bits per heavy atom. The number of nitrogens with zero attached hydrogens (tertiary/aromatic N) is 1. The average Bonchev–Trinajstić information content (AvgIpc) is 2.86. The molecular weight excluding hydrogens is 269 g/mol. The second-order valence-corrected chi connectivity index (χ2v) is 4.86. The van der Waals surface area contributed by atoms with Crippen LogP contribution in [0.5, 0.6) is 11.5 Å². The predicted molar refractivity (Wildman–Crippen MR) is 80.0 cm³/mol. The van der Waals surface area contributed by atoms with Gasteiger partial charge in [0, 0.05) is 23.7 Å². The van der Waals surface area contributed by atoms with Crippen LogP contribution in [-0.2, 0) is 13.2 Å². The van der Waals surface area contributed by atoms with E-state index in [0.29, 0.717) is 24.4 Å². The van der Waals surface area contributed by atoms with E-state index in [9.17, 15) is 9.50 Å². The van der Waals surface area contributed by atoms with Crippen LogP contribution in [-0.4, -0.2) is 9.67 Å². The fourth-order valence-electron chi connectivity index (χ4n) is 2.46. The topological polar surface area (TPSA) is 34.4 Å². The molecule has 0 aliphatic carbocycles. The highest BCUT2D eigenvalue weighted by Crippen LogP contribution is 2.25. The SMILES string of the molecule is CCn1cc(COc2ccc(O)cc2)c2cccc(F)c21. The molecule has 3 rings (SSSR count). The summed E-state index contributed by atoms with van der Waals surface area (Å²) in [6, 6.07) is 11.6. The summed E-state index contributed by atoms with van der Waals surface area (Å²) in [6.45, 7) is 3.05. The van der Waals surface area contributed by atoms with E-state index in [1.807, 2.05) is 23.8 Å². The highest BCUT2D eigenvalue weighted by molar-refractivity contribution is 5.84. The standard InChI is InChI=1S/C17H16FNO2/c1-2-19-10-12(15-4-3-5-16(18)17(15)19)11-21-14-8-6-13(20)7-9-14/h3-10,20H,2,11H2,1H3. The third kappa shape index (κ3) is 2.57. The molecule has 0 aliphatic heterocycles. The van der Waals surface area contributed by atoms with E-state index < -0.39 is 0 Å². The number of aromatic nitrogens is 1. The van der Waals surface area contributed by atoms with E-state index in [2.05, 4.69) is 0 Å². The summed E-state index contributed by atoms with van der Waals surface area (Å²) >= 11 is 0. The van der Waals surface area contributed by atoms with Gasteiger partial charge in [-0.05, 0) is 37.3 Å². The van der Waals surface area contributed by atoms with E-state index in [1.54, 1.807) is 30.3 Å². The number of hydrogen-bond donors (Lipinski definition) is 1. The van der Waals surface area contributed by atoms with Crippen LogP contribution < -0.4 is 4.74 Å². The summed E-state index contributed by atoms with van der Waals surface area (Å²) in [5, 5.41) is 10.1. The quantitative estimate of drug-likeness (QED) is 0.783. The second kappa shape index (κ2) is 5.48. The van der Waals surface area contributed by atoms with Gasteiger partial charge in [-0.2, -0.15) is 0 Å². The molecule has 0 aliphatic rings. The van der Waals surface area contributed by atoms with Crippen molar-refractivity contribution in [3.63, 3.8) is 0 Å². The van der Waals surface area contributed by atoms with E-state index >= 15 is 0 Å². The highest BCUT2D eigenvalue weighted by atomic mass is 19.1. The summed E-state index contributed by atoms with van der Waals surface area (Å²) < 4.78 is 21.6. The number of phenolic OH excluding ortho intramolecular Hbond substituents is 1. The molecule has 1 N–H and O–H groups in total. The van der Waals surface area contributed by atoms with Crippen molar-refractivity contribution in [3.05, 3.63) is 60.0 Å². The minimum Gasteiger partial charge on any atom is -0.508 e. The number of aryl methyl sites for hydroxylation is 1. The van der Waals surface area contributed by atoms with Crippen molar-refractivity contribution < 1.29 is 14.2 Å². The Bertz CT molecular complexity index is 762. The average molecular weight is 285 g/mol. The van der Waals surface area contributed by atoms with Gasteiger partial charge in [0.15, 0.2) is 0 Å². The minimum absolute atomic E-state index is 0.201. The fraction of sp³-hybridized carbons (Fsp3) is 0.176. The van der Waals surface area contributed by atoms with Gasteiger partial charge in [0.2, 0.25) is 0 Å². The number of para-hydroxylation sites is 1. The molecule has 0 atom stereocenters. The fourth-order valence-corrected chi connectivity index (χ4v) is 2.46. The maximum atomic E-state index is 14.0. The molecule has 3 aromatic rings. The molecule has 108 valence electrons. The lowest BCUT2D eigenvalue weighted by molar-refractivity contribution is 0.307. The minimum atomic E-state index is -0.217. The molecule has 0 saturated carbocycles. The lowest BCUT2D eigenvalue weighted by Gasteiger charge is -2.05. The second-order valence-electron chi connectivity index (χ2n) is 4.86. The molecule has 1 aromatic heterocycles. The molecule has 21 heavy (non-hydrogen) atoms. The number of halogens is 1. The van der Waals surface area contributed by atoms with Crippen molar-refractivity contribution in [1.82, 2.24) is 4.57 Å². The third-order valence-electron chi connectivity index (χ3n) is 3.50. The first-order valence-corrected chi connectivity index (χ1v) is 6.87. The molecule has 2 aromatic carbocycles. The summed E-state index contributed by atoms with van der Waals surface area (Å²) in [4.78, 5) is 0. The summed E-state index contributed by atoms with van der Waals surface area (Å²) in [7, 11) is 0. The zero-order valence-electron chi connectivity index (χ0n) is 11.7. The molecule has 0 bridgehead atoms. The van der Waals surface area contributed by atoms with Crippen LogP contribution in [0.3, 0.4) is 0 Å². The first kappa shape index (κ1) is 13.5. The van der Waals surface area contributed by atoms with E-state index in [4.69, 9.17) is 4.74 Å². The zero-order chi connectivity index (χ0) is 14.8. The highest BCUT2D eigenvalue weighted by Gasteiger charge is 2.11. The molecule has 4 heteroatoms. The molecule has 0 amide bonds. The van der Waals surface area contributed by atoms with Crippen LogP contribution in [0.15, 0.2) is 48.7 Å². The summed E-state index contributed by atoms with van der Waals surface area (Å²) in [5.74, 6) is 0.652. The maximum absolute atomic E-state index is 14.0. The molecule has 0 radical (unpaired) electrons. The van der Waals surface area contributed by atoms with E-state index in [1.165, 1.54) is 6.07 Å². The normalized spacial score (nSPS) is 11.0. The molecule has 0 unspecified atom stereocenters. The maximum Gasteiger partial charge on any atom is 0.147 e. The Labute approximate surface area is 122 Å². The van der Waals surface area contributed by atoms with Crippen LogP contribution in [0.25, 0.3) is 10.9 Å². The van der Waals surface area contributed by atoms with Crippen LogP contribution >= 0.6 is 0 Å². The van der Waals surface area contributed by atoms with Crippen molar-refractivity contribution in [2.45, 2.75) is 20.1 Å². The molecule has 1 heterocycles. The number of ether oxygens (including phenoxy) is 1. The lowest BCUT2D eigenvalue weighted by atomic mass is 10.2. The first-order chi connectivity index (χ1) is 10.2. The third-order valence-corrected chi connectivity index (χ3v) is 3.50. The van der Waals surface area contributed by atoms with Gasteiger partial charge in [0.05, 0.1) is 5.52 Å². The van der Waals surface area contributed by atoms with Gasteiger partial charge in [-0.25, -0.2) is 4.39 Å². The predicted octanol–water partition coefficient (Wildman–Crippen LogP) is 4.08. The van der Waals surface area contributed by atoms with Crippen molar-refractivity contribution in [3.8, 4) is 11.5 Å². The van der Waals surface area contributed by atoms with Crippen LogP contribution in [0.1, 0.15) is 12.5 Å². The van der Waals surface area contributed by atoms with Crippen LogP contribution in [0.2, 0.25) is 0 Å². The Kier molecular flexibility index (Phi) is 3.52. The molecule has 0 fully saturated rings. The van der Waals surface area contributed by atoms with Gasteiger partial charge in [0.25, 0.3) is 0 Å². The number of hydrogen-bond acceptors (Lipinski definition) is 2. The smallest absolute Gasteiger partial charge is 0.147 e. The van der Waals surface area contributed by atoms with Gasteiger partial charge in [-0.15, -0.1) is 0 Å². The van der Waals surface area contributed by atoms with Crippen molar-refractivity contribution in [2.24, 2.45) is 0 Å². The number of aromatic hydroxyl groups is 1. The number of rotatable bonds is 4. The molecule has 0 spiro atoms. The van der Waals surface area contributed by atoms with Gasteiger partial charge >= 0.3 is 0 Å². The van der Waals surface area contributed by atoms with Gasteiger partial charge in [0.1, 0.15) is 23.9 Å². The molecule has 3 nitrogen and oxygen atoms in total. The zero-order valence-corrected chi connectivity index (χ0v) is 11.7. The van der Waals surface area contributed by atoms with E-state index in [0.717, 1.165) is 10.9 Å². The Balaban J connectivity index is 1.90. The van der Waals surface area contributed by atoms with Crippen molar-refractivity contribution in [1.29, 1.82) is 0 Å². The Morgan fingerprint density at radius 2 is 1.90 bits per heavy atom. The van der Waals surface area contributed by atoms with Crippen LogP contribution in [0.4, 0.5) is 4.39 Å². The number of fused-ring (bicyclic) bond motifs is 1. The van der Waals surface area contributed by atoms with Gasteiger partial charge in [-0.3, -0.25) is 0 Å². The molecule has 0 saturated heterocycles. The Morgan fingerprint density at radius 1 is 1.14 bits per heavy atom. The van der Waals surface area contributed by atoms with Crippen molar-refractivity contribution >= 4 is 10.9 Å². The lowest BCUT2D eigenvalue weighted by Crippen LogP contribution is -1.95.